The lowest BCUT2D eigenvalue weighted by atomic mass is 9.82. The molecule has 164 valence electrons. The fraction of sp³-hybridized carbons (Fsp3) is 0.0909. The summed E-state index contributed by atoms with van der Waals surface area (Å²) in [5.74, 6) is 0. The second-order valence-electron chi connectivity index (χ2n) is 9.45. The normalized spacial score (nSPS) is 13.2. The molecule has 0 aliphatic heterocycles. The van der Waals surface area contributed by atoms with Gasteiger partial charge in [-0.25, -0.2) is 0 Å². The van der Waals surface area contributed by atoms with Crippen LogP contribution < -0.4 is 4.90 Å². The first-order valence-electron chi connectivity index (χ1n) is 11.9. The van der Waals surface area contributed by atoms with Crippen molar-refractivity contribution in [1.82, 2.24) is 0 Å². The van der Waals surface area contributed by atoms with Crippen molar-refractivity contribution in [3.63, 3.8) is 0 Å². The number of anilines is 3. The molecule has 0 unspecified atom stereocenters. The van der Waals surface area contributed by atoms with Crippen molar-refractivity contribution in [2.75, 3.05) is 4.90 Å². The van der Waals surface area contributed by atoms with Gasteiger partial charge in [-0.1, -0.05) is 111 Å². The maximum atomic E-state index is 2.39. The van der Waals surface area contributed by atoms with Gasteiger partial charge in [-0.2, -0.15) is 0 Å². The van der Waals surface area contributed by atoms with Crippen LogP contribution in [0.3, 0.4) is 0 Å². The number of hydrogen-bond donors (Lipinski definition) is 0. The molecule has 0 aromatic heterocycles. The van der Waals surface area contributed by atoms with Gasteiger partial charge >= 0.3 is 0 Å². The van der Waals surface area contributed by atoms with Crippen molar-refractivity contribution < 1.29 is 0 Å². The fourth-order valence-corrected chi connectivity index (χ4v) is 5.37. The van der Waals surface area contributed by atoms with Gasteiger partial charge in [-0.15, -0.1) is 0 Å². The van der Waals surface area contributed by atoms with E-state index in [0.29, 0.717) is 0 Å². The van der Waals surface area contributed by atoms with Crippen LogP contribution in [0.1, 0.15) is 25.0 Å². The summed E-state index contributed by atoms with van der Waals surface area (Å²) < 4.78 is 0. The topological polar surface area (TPSA) is 3.24 Å². The van der Waals surface area contributed by atoms with Crippen LogP contribution in [-0.4, -0.2) is 0 Å². The van der Waals surface area contributed by atoms with E-state index in [4.69, 9.17) is 0 Å². The van der Waals surface area contributed by atoms with Gasteiger partial charge in [0.25, 0.3) is 0 Å². The van der Waals surface area contributed by atoms with Gasteiger partial charge < -0.3 is 4.90 Å². The molecule has 6 rings (SSSR count). The van der Waals surface area contributed by atoms with Crippen molar-refractivity contribution in [2.24, 2.45) is 0 Å². The fourth-order valence-electron chi connectivity index (χ4n) is 5.37. The standard InChI is InChI=1S/C33H27N/c1-33(2)30-19-11-9-18-28(30)29-22-21-26(23-31(29)33)34(25-15-7-4-8-16-25)32-20-12-10-17-27(32)24-13-5-3-6-14-24/h3-23H,1-2H3. The highest BCUT2D eigenvalue weighted by Gasteiger charge is 2.35. The third kappa shape index (κ3) is 3.24. The predicted molar refractivity (Wildman–Crippen MR) is 144 cm³/mol. The lowest BCUT2D eigenvalue weighted by molar-refractivity contribution is 0.660. The van der Waals surface area contributed by atoms with E-state index in [9.17, 15) is 0 Å². The minimum Gasteiger partial charge on any atom is -0.310 e. The molecule has 0 heterocycles. The molecule has 0 spiro atoms. The van der Waals surface area contributed by atoms with Crippen molar-refractivity contribution in [1.29, 1.82) is 0 Å². The molecule has 1 heteroatoms. The molecule has 1 aliphatic carbocycles. The Morgan fingerprint density at radius 3 is 1.82 bits per heavy atom. The lowest BCUT2D eigenvalue weighted by Crippen LogP contribution is -2.16. The Hall–Kier alpha value is -4.10. The molecule has 0 atom stereocenters. The predicted octanol–water partition coefficient (Wildman–Crippen LogP) is 9.13. The van der Waals surface area contributed by atoms with Crippen LogP contribution in [0.2, 0.25) is 0 Å². The highest BCUT2D eigenvalue weighted by atomic mass is 15.1. The van der Waals surface area contributed by atoms with Crippen LogP contribution >= 0.6 is 0 Å². The Morgan fingerprint density at radius 1 is 0.471 bits per heavy atom. The molecule has 0 N–H and O–H groups in total. The molecule has 34 heavy (non-hydrogen) atoms. The molecule has 5 aromatic rings. The van der Waals surface area contributed by atoms with E-state index in [1.807, 2.05) is 0 Å². The van der Waals surface area contributed by atoms with Crippen LogP contribution in [0.4, 0.5) is 17.1 Å². The molecule has 1 nitrogen and oxygen atoms in total. The molecule has 0 radical (unpaired) electrons. The molecule has 1 aliphatic rings. The smallest absolute Gasteiger partial charge is 0.0540 e. The zero-order chi connectivity index (χ0) is 23.1. The first kappa shape index (κ1) is 20.5. The van der Waals surface area contributed by atoms with Gasteiger partial charge in [0.15, 0.2) is 0 Å². The minimum absolute atomic E-state index is 0.0384. The first-order valence-corrected chi connectivity index (χ1v) is 11.9. The number of nitrogens with zero attached hydrogens (tertiary/aromatic N) is 1. The summed E-state index contributed by atoms with van der Waals surface area (Å²) in [6, 6.07) is 45.8. The SMILES string of the molecule is CC1(C)c2ccccc2-c2ccc(N(c3ccccc3)c3ccccc3-c3ccccc3)cc21. The average molecular weight is 438 g/mol. The molecule has 0 bridgehead atoms. The number of fused-ring (bicyclic) bond motifs is 3. The van der Waals surface area contributed by atoms with Gasteiger partial charge in [0, 0.05) is 22.4 Å². The Bertz CT molecular complexity index is 1470. The summed E-state index contributed by atoms with van der Waals surface area (Å²) in [5, 5.41) is 0. The Morgan fingerprint density at radius 2 is 1.06 bits per heavy atom. The maximum absolute atomic E-state index is 2.39. The summed E-state index contributed by atoms with van der Waals surface area (Å²) in [4.78, 5) is 2.39. The summed E-state index contributed by atoms with van der Waals surface area (Å²) in [6.45, 7) is 4.68. The van der Waals surface area contributed by atoms with Crippen molar-refractivity contribution in [3.8, 4) is 22.3 Å². The van der Waals surface area contributed by atoms with Crippen molar-refractivity contribution >= 4 is 17.1 Å². The van der Waals surface area contributed by atoms with Gasteiger partial charge in [-0.05, 0) is 58.1 Å². The number of hydrogen-bond acceptors (Lipinski definition) is 1. The first-order chi connectivity index (χ1) is 16.6. The highest BCUT2D eigenvalue weighted by molar-refractivity contribution is 5.90. The van der Waals surface area contributed by atoms with Gasteiger partial charge in [0.05, 0.1) is 5.69 Å². The van der Waals surface area contributed by atoms with Crippen LogP contribution in [0, 0.1) is 0 Å². The maximum Gasteiger partial charge on any atom is 0.0540 e. The average Bonchev–Trinajstić information content (AvgIpc) is 3.12. The van der Waals surface area contributed by atoms with E-state index in [0.717, 1.165) is 5.69 Å². The number of benzene rings is 5. The third-order valence-corrected chi connectivity index (χ3v) is 7.07. The molecule has 0 saturated heterocycles. The van der Waals surface area contributed by atoms with Gasteiger partial charge in [0.2, 0.25) is 0 Å². The molecule has 0 amide bonds. The lowest BCUT2D eigenvalue weighted by Gasteiger charge is -2.29. The minimum atomic E-state index is -0.0384. The van der Waals surface area contributed by atoms with E-state index in [1.54, 1.807) is 0 Å². The van der Waals surface area contributed by atoms with Gasteiger partial charge in [0.1, 0.15) is 0 Å². The zero-order valence-electron chi connectivity index (χ0n) is 19.6. The van der Waals surface area contributed by atoms with Crippen LogP contribution in [0.25, 0.3) is 22.3 Å². The largest absolute Gasteiger partial charge is 0.310 e. The van der Waals surface area contributed by atoms with Crippen molar-refractivity contribution in [3.05, 3.63) is 139 Å². The highest BCUT2D eigenvalue weighted by Crippen LogP contribution is 2.51. The van der Waals surface area contributed by atoms with E-state index < -0.39 is 0 Å². The van der Waals surface area contributed by atoms with Crippen LogP contribution in [0.5, 0.6) is 0 Å². The number of rotatable bonds is 4. The second-order valence-corrected chi connectivity index (χ2v) is 9.45. The Labute approximate surface area is 202 Å². The van der Waals surface area contributed by atoms with Gasteiger partial charge in [-0.3, -0.25) is 0 Å². The van der Waals surface area contributed by atoms with Crippen LogP contribution in [-0.2, 0) is 5.41 Å². The van der Waals surface area contributed by atoms with E-state index in [2.05, 4.69) is 146 Å². The molecular weight excluding hydrogens is 410 g/mol. The Kier molecular flexibility index (Phi) is 4.85. The third-order valence-electron chi connectivity index (χ3n) is 7.07. The molecule has 0 fully saturated rings. The summed E-state index contributed by atoms with van der Waals surface area (Å²) >= 11 is 0. The van der Waals surface area contributed by atoms with E-state index in [-0.39, 0.29) is 5.41 Å². The number of para-hydroxylation sites is 2. The summed E-state index contributed by atoms with van der Waals surface area (Å²) in [5.41, 5.74) is 11.4. The molecule has 0 saturated carbocycles. The Balaban J connectivity index is 1.57. The summed E-state index contributed by atoms with van der Waals surface area (Å²) in [6.07, 6.45) is 0. The molecular formula is C33H27N. The molecule has 5 aromatic carbocycles. The van der Waals surface area contributed by atoms with Crippen molar-refractivity contribution in [2.45, 2.75) is 19.3 Å². The monoisotopic (exact) mass is 437 g/mol. The van der Waals surface area contributed by atoms with E-state index >= 15 is 0 Å². The second kappa shape index (κ2) is 8.04. The quantitative estimate of drug-likeness (QED) is 0.271. The van der Waals surface area contributed by atoms with E-state index in [1.165, 1.54) is 44.8 Å². The zero-order valence-corrected chi connectivity index (χ0v) is 19.6. The summed E-state index contributed by atoms with van der Waals surface area (Å²) in [7, 11) is 0. The van der Waals surface area contributed by atoms with Crippen LogP contribution in [0.15, 0.2) is 127 Å².